The smallest absolute Gasteiger partial charge is 0.315 e. The molecule has 1 saturated heterocycles. The van der Waals surface area contributed by atoms with Crippen molar-refractivity contribution in [2.75, 3.05) is 26.2 Å². The van der Waals surface area contributed by atoms with Crippen molar-refractivity contribution in [2.24, 2.45) is 17.8 Å². The fraction of sp³-hybridized carbons (Fsp3) is 0.941. The zero-order valence-electron chi connectivity index (χ0n) is 13.8. The molecule has 0 aromatic heterocycles. The first-order valence-corrected chi connectivity index (χ1v) is 9.07. The number of urea groups is 1. The molecule has 3 N–H and O–H groups in total. The van der Waals surface area contributed by atoms with E-state index in [2.05, 4.69) is 22.5 Å². The molecule has 5 unspecified atom stereocenters. The first-order chi connectivity index (χ1) is 10.7. The molecule has 5 nitrogen and oxygen atoms in total. The number of fused-ring (bicyclic) bond motifs is 2. The van der Waals surface area contributed by atoms with E-state index in [9.17, 15) is 9.90 Å². The Balaban J connectivity index is 1.43. The lowest BCUT2D eigenvalue weighted by Gasteiger charge is -2.32. The maximum Gasteiger partial charge on any atom is 0.315 e. The molecular weight excluding hydrogens is 278 g/mol. The number of carbonyl (C=O) groups is 1. The summed E-state index contributed by atoms with van der Waals surface area (Å²) >= 11 is 0. The lowest BCUT2D eigenvalue weighted by Crippen LogP contribution is -2.52. The van der Waals surface area contributed by atoms with Crippen LogP contribution in [0.25, 0.3) is 0 Å². The van der Waals surface area contributed by atoms with Crippen LogP contribution in [0.4, 0.5) is 4.79 Å². The van der Waals surface area contributed by atoms with Crippen molar-refractivity contribution in [1.82, 2.24) is 15.5 Å². The van der Waals surface area contributed by atoms with Crippen molar-refractivity contribution in [2.45, 2.75) is 57.5 Å². The van der Waals surface area contributed by atoms with Gasteiger partial charge in [-0.15, -0.1) is 0 Å². The molecule has 5 heteroatoms. The van der Waals surface area contributed by atoms with Gasteiger partial charge in [0.2, 0.25) is 0 Å². The molecule has 2 amide bonds. The van der Waals surface area contributed by atoms with Crippen molar-refractivity contribution in [3.63, 3.8) is 0 Å². The van der Waals surface area contributed by atoms with E-state index in [1.165, 1.54) is 38.5 Å². The van der Waals surface area contributed by atoms with E-state index >= 15 is 0 Å². The van der Waals surface area contributed by atoms with Crippen LogP contribution >= 0.6 is 0 Å². The Morgan fingerprint density at radius 2 is 1.95 bits per heavy atom. The first-order valence-electron chi connectivity index (χ1n) is 9.07. The van der Waals surface area contributed by atoms with Gasteiger partial charge in [-0.1, -0.05) is 6.42 Å². The van der Waals surface area contributed by atoms with Crippen molar-refractivity contribution in [3.8, 4) is 0 Å². The van der Waals surface area contributed by atoms with Crippen LogP contribution < -0.4 is 10.6 Å². The number of hydrogen-bond donors (Lipinski definition) is 3. The third-order valence-corrected chi connectivity index (χ3v) is 5.96. The molecule has 2 bridgehead atoms. The molecule has 126 valence electrons. The van der Waals surface area contributed by atoms with Gasteiger partial charge < -0.3 is 20.6 Å². The molecule has 2 saturated carbocycles. The molecular formula is C17H31N3O2. The van der Waals surface area contributed by atoms with Crippen molar-refractivity contribution >= 4 is 6.03 Å². The van der Waals surface area contributed by atoms with Gasteiger partial charge in [0.15, 0.2) is 0 Å². The maximum absolute atomic E-state index is 12.3. The molecule has 2 aliphatic carbocycles. The van der Waals surface area contributed by atoms with E-state index < -0.39 is 0 Å². The molecule has 1 heterocycles. The highest BCUT2D eigenvalue weighted by Crippen LogP contribution is 2.48. The lowest BCUT2D eigenvalue weighted by molar-refractivity contribution is 0.143. The van der Waals surface area contributed by atoms with Crippen LogP contribution in [-0.2, 0) is 0 Å². The maximum atomic E-state index is 12.3. The minimum absolute atomic E-state index is 0.0551. The Hall–Kier alpha value is -0.810. The second-order valence-electron chi connectivity index (χ2n) is 7.59. The van der Waals surface area contributed by atoms with Crippen molar-refractivity contribution in [1.29, 1.82) is 0 Å². The Kier molecular flexibility index (Phi) is 5.24. The molecule has 1 aliphatic heterocycles. The summed E-state index contributed by atoms with van der Waals surface area (Å²) in [6.45, 7) is 5.54. The molecule has 0 radical (unpaired) electrons. The van der Waals surface area contributed by atoms with E-state index in [4.69, 9.17) is 0 Å². The summed E-state index contributed by atoms with van der Waals surface area (Å²) in [5, 5.41) is 15.8. The summed E-state index contributed by atoms with van der Waals surface area (Å²) in [4.78, 5) is 14.7. The van der Waals surface area contributed by atoms with E-state index in [1.807, 2.05) is 0 Å². The second-order valence-corrected chi connectivity index (χ2v) is 7.59. The highest BCUT2D eigenvalue weighted by Gasteiger charge is 2.47. The molecule has 0 aromatic carbocycles. The SMILES string of the molecule is CC(CN1CCCCC1)NC(=O)NC1C2CCC(C2)C1CO. The number of rotatable bonds is 5. The minimum Gasteiger partial charge on any atom is -0.396 e. The van der Waals surface area contributed by atoms with Crippen molar-refractivity contribution in [3.05, 3.63) is 0 Å². The number of aliphatic hydroxyl groups excluding tert-OH is 1. The average Bonchev–Trinajstić information content (AvgIpc) is 3.09. The van der Waals surface area contributed by atoms with Gasteiger partial charge >= 0.3 is 6.03 Å². The Morgan fingerprint density at radius 3 is 2.68 bits per heavy atom. The van der Waals surface area contributed by atoms with Gasteiger partial charge in [0.05, 0.1) is 0 Å². The monoisotopic (exact) mass is 309 g/mol. The predicted molar refractivity (Wildman–Crippen MR) is 86.6 cm³/mol. The fourth-order valence-electron chi connectivity index (χ4n) is 4.89. The van der Waals surface area contributed by atoms with Crippen LogP contribution in [0.5, 0.6) is 0 Å². The van der Waals surface area contributed by atoms with Crippen molar-refractivity contribution < 1.29 is 9.90 Å². The van der Waals surface area contributed by atoms with Gasteiger partial charge in [-0.3, -0.25) is 0 Å². The minimum atomic E-state index is -0.0551. The molecule has 5 atom stereocenters. The van der Waals surface area contributed by atoms with Crippen LogP contribution in [0, 0.1) is 17.8 Å². The van der Waals surface area contributed by atoms with Gasteiger partial charge in [-0.2, -0.15) is 0 Å². The van der Waals surface area contributed by atoms with Crippen LogP contribution in [-0.4, -0.2) is 54.4 Å². The number of piperidine rings is 1. The predicted octanol–water partition coefficient (Wildman–Crippen LogP) is 1.57. The topological polar surface area (TPSA) is 64.6 Å². The quantitative estimate of drug-likeness (QED) is 0.722. The zero-order chi connectivity index (χ0) is 15.5. The van der Waals surface area contributed by atoms with Crippen LogP contribution in [0.2, 0.25) is 0 Å². The average molecular weight is 309 g/mol. The third kappa shape index (κ3) is 3.57. The van der Waals surface area contributed by atoms with E-state index in [1.54, 1.807) is 0 Å². The van der Waals surface area contributed by atoms with Crippen LogP contribution in [0.15, 0.2) is 0 Å². The summed E-state index contributed by atoms with van der Waals surface area (Å²) in [7, 11) is 0. The van der Waals surface area contributed by atoms with E-state index in [0.717, 1.165) is 19.6 Å². The second kappa shape index (κ2) is 7.18. The Bertz CT molecular complexity index is 384. The van der Waals surface area contributed by atoms with Gasteiger partial charge in [-0.25, -0.2) is 4.79 Å². The fourth-order valence-corrected chi connectivity index (χ4v) is 4.89. The summed E-state index contributed by atoms with van der Waals surface area (Å²) in [6, 6.07) is 0.288. The first kappa shape index (κ1) is 16.1. The van der Waals surface area contributed by atoms with Crippen LogP contribution in [0.1, 0.15) is 45.4 Å². The largest absolute Gasteiger partial charge is 0.396 e. The number of hydrogen-bond acceptors (Lipinski definition) is 3. The molecule has 3 fully saturated rings. The van der Waals surface area contributed by atoms with E-state index in [-0.39, 0.29) is 30.6 Å². The van der Waals surface area contributed by atoms with Gasteiger partial charge in [0.1, 0.15) is 0 Å². The van der Waals surface area contributed by atoms with Gasteiger partial charge in [0.25, 0.3) is 0 Å². The lowest BCUT2D eigenvalue weighted by atomic mass is 9.85. The van der Waals surface area contributed by atoms with Gasteiger partial charge in [-0.05, 0) is 64.0 Å². The third-order valence-electron chi connectivity index (χ3n) is 5.96. The van der Waals surface area contributed by atoms with E-state index in [0.29, 0.717) is 11.8 Å². The number of nitrogens with one attached hydrogen (secondary N) is 2. The number of carbonyl (C=O) groups excluding carboxylic acids is 1. The standard InChI is InChI=1S/C17H31N3O2/c1-12(10-20-7-3-2-4-8-20)18-17(22)19-16-14-6-5-13(9-14)15(16)11-21/h12-16,21H,2-11H2,1H3,(H2,18,19,22). The molecule has 3 aliphatic rings. The molecule has 22 heavy (non-hydrogen) atoms. The number of nitrogens with zero attached hydrogens (tertiary/aromatic N) is 1. The molecule has 0 aromatic rings. The normalized spacial score (nSPS) is 36.3. The molecule has 3 rings (SSSR count). The number of amides is 2. The Labute approximate surface area is 133 Å². The molecule has 0 spiro atoms. The highest BCUT2D eigenvalue weighted by atomic mass is 16.3. The summed E-state index contributed by atoms with van der Waals surface area (Å²) < 4.78 is 0. The summed E-state index contributed by atoms with van der Waals surface area (Å²) in [5.41, 5.74) is 0. The highest BCUT2D eigenvalue weighted by molar-refractivity contribution is 5.74. The summed E-state index contributed by atoms with van der Waals surface area (Å²) in [5.74, 6) is 1.46. The number of aliphatic hydroxyl groups is 1. The van der Waals surface area contributed by atoms with Gasteiger partial charge in [0, 0.05) is 31.2 Å². The van der Waals surface area contributed by atoms with Crippen LogP contribution in [0.3, 0.4) is 0 Å². The summed E-state index contributed by atoms with van der Waals surface area (Å²) in [6.07, 6.45) is 7.51. The number of likely N-dealkylation sites (tertiary alicyclic amines) is 1. The Morgan fingerprint density at radius 1 is 1.23 bits per heavy atom. The zero-order valence-corrected chi connectivity index (χ0v) is 13.8.